The fraction of sp³-hybridized carbons (Fsp3) is 0.308. The molecular weight excluding hydrogens is 491 g/mol. The maximum Gasteiger partial charge on any atom is 0.273 e. The van der Waals surface area contributed by atoms with Crippen molar-refractivity contribution in [2.75, 3.05) is 7.11 Å². The molecule has 1 heterocycles. The predicted molar refractivity (Wildman–Crippen MR) is 129 cm³/mol. The Bertz CT molecular complexity index is 1250. The van der Waals surface area contributed by atoms with E-state index in [2.05, 4.69) is 0 Å². The molecule has 3 amide bonds. The number of carbonyl (C=O) groups is 4. The van der Waals surface area contributed by atoms with Crippen molar-refractivity contribution in [3.05, 3.63) is 75.8 Å². The van der Waals surface area contributed by atoms with Crippen molar-refractivity contribution in [3.8, 4) is 5.75 Å². The predicted octanol–water partition coefficient (Wildman–Crippen LogP) is 4.44. The van der Waals surface area contributed by atoms with E-state index in [1.807, 2.05) is 12.2 Å². The minimum atomic E-state index is -1.15. The molecule has 7 nitrogen and oxygen atoms in total. The second kappa shape index (κ2) is 8.81. The molecule has 0 spiro atoms. The fourth-order valence-corrected chi connectivity index (χ4v) is 5.71. The normalized spacial score (nSPS) is 25.1. The highest BCUT2D eigenvalue weighted by Gasteiger charge is 2.61. The van der Waals surface area contributed by atoms with E-state index >= 15 is 0 Å². The number of halogens is 2. The van der Waals surface area contributed by atoms with Crippen LogP contribution in [0.15, 0.2) is 54.6 Å². The number of ether oxygens (including phenoxy) is 1. The minimum absolute atomic E-state index is 0.0408. The van der Waals surface area contributed by atoms with Crippen LogP contribution in [0.5, 0.6) is 5.75 Å². The lowest BCUT2D eigenvalue weighted by Gasteiger charge is -2.35. The Hall–Kier alpha value is -3.16. The summed E-state index contributed by atoms with van der Waals surface area (Å²) in [5.41, 5.74) is 0.416. The number of carbonyl (C=O) groups excluding carboxylic acids is 4. The molecule has 1 aliphatic heterocycles. The fourth-order valence-electron chi connectivity index (χ4n) is 5.41. The van der Waals surface area contributed by atoms with Crippen LogP contribution in [-0.2, 0) is 9.59 Å². The van der Waals surface area contributed by atoms with Gasteiger partial charge in [0.2, 0.25) is 0 Å². The number of fused-ring (bicyclic) bond motifs is 5. The smallest absolute Gasteiger partial charge is 0.273 e. The van der Waals surface area contributed by atoms with E-state index in [-0.39, 0.29) is 27.4 Å². The third-order valence-electron chi connectivity index (χ3n) is 7.16. The van der Waals surface area contributed by atoms with Gasteiger partial charge in [-0.2, -0.15) is 5.01 Å². The van der Waals surface area contributed by atoms with Gasteiger partial charge in [-0.05, 0) is 67.6 Å². The molecule has 0 N–H and O–H groups in total. The van der Waals surface area contributed by atoms with Gasteiger partial charge in [-0.3, -0.25) is 19.2 Å². The van der Waals surface area contributed by atoms with Gasteiger partial charge >= 0.3 is 0 Å². The summed E-state index contributed by atoms with van der Waals surface area (Å²) in [5, 5.41) is 2.26. The average Bonchev–Trinajstić information content (AvgIpc) is 3.55. The summed E-state index contributed by atoms with van der Waals surface area (Å²) in [6.45, 7) is 1.50. The van der Waals surface area contributed by atoms with Crippen LogP contribution in [0.1, 0.15) is 34.1 Å². The number of hydrazine groups is 1. The van der Waals surface area contributed by atoms with Gasteiger partial charge in [0, 0.05) is 11.1 Å². The molecule has 0 aromatic heterocycles. The maximum absolute atomic E-state index is 13.8. The van der Waals surface area contributed by atoms with Crippen molar-refractivity contribution in [2.24, 2.45) is 23.7 Å². The molecule has 2 bridgehead atoms. The van der Waals surface area contributed by atoms with Gasteiger partial charge in [-0.25, -0.2) is 5.01 Å². The lowest BCUT2D eigenvalue weighted by atomic mass is 9.85. The Kier molecular flexibility index (Phi) is 5.93. The third kappa shape index (κ3) is 3.74. The van der Waals surface area contributed by atoms with Crippen LogP contribution in [0, 0.1) is 23.7 Å². The molecule has 0 unspecified atom stereocenters. The van der Waals surface area contributed by atoms with Crippen LogP contribution in [0.4, 0.5) is 0 Å². The molecule has 3 aliphatic rings. The zero-order chi connectivity index (χ0) is 25.0. The first kappa shape index (κ1) is 23.6. The molecule has 2 aliphatic carbocycles. The van der Waals surface area contributed by atoms with Crippen molar-refractivity contribution < 1.29 is 23.9 Å². The quantitative estimate of drug-likeness (QED) is 0.324. The minimum Gasteiger partial charge on any atom is -0.497 e. The first-order valence-corrected chi connectivity index (χ1v) is 12.0. The number of hydrogen-bond acceptors (Lipinski definition) is 5. The number of nitrogens with zero attached hydrogens (tertiary/aromatic N) is 2. The van der Waals surface area contributed by atoms with Gasteiger partial charge in [0.15, 0.2) is 5.78 Å². The Morgan fingerprint density at radius 2 is 1.51 bits per heavy atom. The lowest BCUT2D eigenvalue weighted by Crippen LogP contribution is -2.56. The number of hydrogen-bond donors (Lipinski definition) is 0. The summed E-state index contributed by atoms with van der Waals surface area (Å²) in [6, 6.07) is 9.53. The summed E-state index contributed by atoms with van der Waals surface area (Å²) >= 11 is 12.1. The summed E-state index contributed by atoms with van der Waals surface area (Å²) in [7, 11) is 1.51. The maximum atomic E-state index is 13.8. The van der Waals surface area contributed by atoms with Crippen molar-refractivity contribution in [2.45, 2.75) is 19.4 Å². The number of Topliss-reactive ketones (excluding diaryl/α,β-unsaturated/α-hetero) is 1. The number of amides is 3. The van der Waals surface area contributed by atoms with Crippen LogP contribution in [-0.4, -0.2) is 46.7 Å². The van der Waals surface area contributed by atoms with Gasteiger partial charge in [-0.15, -0.1) is 0 Å². The van der Waals surface area contributed by atoms with Crippen molar-refractivity contribution >= 4 is 46.7 Å². The first-order chi connectivity index (χ1) is 16.7. The highest BCUT2D eigenvalue weighted by molar-refractivity contribution is 6.42. The molecule has 2 aromatic rings. The van der Waals surface area contributed by atoms with Crippen LogP contribution in [0.2, 0.25) is 10.0 Å². The van der Waals surface area contributed by atoms with Crippen LogP contribution < -0.4 is 4.74 Å². The standard InChI is InChI=1S/C26H22Cl2N2O5/c1-13(23(31)14-5-8-18(35-2)9-6-14)29(24(32)17-7-10-19(27)20(28)12-17)30-25(33)21-15-3-4-16(11-15)22(21)26(30)34/h3-10,12-13,15-16,21-22H,11H2,1-2H3/t13-,15-,16-,21-,22+/m0/s1. The van der Waals surface area contributed by atoms with E-state index in [1.165, 1.54) is 32.2 Å². The molecule has 1 saturated heterocycles. The molecule has 2 fully saturated rings. The third-order valence-corrected chi connectivity index (χ3v) is 7.90. The summed E-state index contributed by atoms with van der Waals surface area (Å²) in [4.78, 5) is 54.3. The number of benzene rings is 2. The molecule has 5 atom stereocenters. The zero-order valence-corrected chi connectivity index (χ0v) is 20.5. The topological polar surface area (TPSA) is 84.0 Å². The monoisotopic (exact) mass is 512 g/mol. The van der Waals surface area contributed by atoms with Crippen LogP contribution in [0.25, 0.3) is 0 Å². The number of rotatable bonds is 6. The molecule has 9 heteroatoms. The van der Waals surface area contributed by atoms with E-state index in [9.17, 15) is 19.2 Å². The highest BCUT2D eigenvalue weighted by atomic mass is 35.5. The Labute approximate surface area is 212 Å². The number of ketones is 1. The second-order valence-corrected chi connectivity index (χ2v) is 9.85. The Morgan fingerprint density at radius 3 is 2.06 bits per heavy atom. The highest BCUT2D eigenvalue weighted by Crippen LogP contribution is 2.53. The molecule has 35 heavy (non-hydrogen) atoms. The molecule has 1 saturated carbocycles. The number of allylic oxidation sites excluding steroid dienone is 2. The molecule has 180 valence electrons. The van der Waals surface area contributed by atoms with Crippen molar-refractivity contribution in [1.29, 1.82) is 0 Å². The zero-order valence-electron chi connectivity index (χ0n) is 19.0. The van der Waals surface area contributed by atoms with Crippen molar-refractivity contribution in [1.82, 2.24) is 10.0 Å². The van der Waals surface area contributed by atoms with Crippen molar-refractivity contribution in [3.63, 3.8) is 0 Å². The van der Waals surface area contributed by atoms with Crippen LogP contribution >= 0.6 is 23.2 Å². The second-order valence-electron chi connectivity index (χ2n) is 9.04. The number of imide groups is 1. The van der Waals surface area contributed by atoms with Gasteiger partial charge in [0.25, 0.3) is 17.7 Å². The van der Waals surface area contributed by atoms with E-state index < -0.39 is 41.4 Å². The summed E-state index contributed by atoms with van der Waals surface area (Å²) in [6.07, 6.45) is 4.69. The first-order valence-electron chi connectivity index (χ1n) is 11.3. The van der Waals surface area contributed by atoms with E-state index in [1.54, 1.807) is 24.3 Å². The number of methoxy groups -OCH3 is 1. The SMILES string of the molecule is COc1ccc(C(=O)[C@H](C)N(C(=O)c2ccc(Cl)c(Cl)c2)N2C(=O)[C@@H]3[C@H](C2=O)[C@H]2C=C[C@H]3C2)cc1. The Morgan fingerprint density at radius 1 is 0.943 bits per heavy atom. The summed E-state index contributed by atoms with van der Waals surface area (Å²) in [5.74, 6) is -2.60. The largest absolute Gasteiger partial charge is 0.497 e. The Balaban J connectivity index is 1.54. The molecule has 0 radical (unpaired) electrons. The van der Waals surface area contributed by atoms with Crippen LogP contribution in [0.3, 0.4) is 0 Å². The van der Waals surface area contributed by atoms with Gasteiger partial charge < -0.3 is 4.74 Å². The van der Waals surface area contributed by atoms with Gasteiger partial charge in [0.1, 0.15) is 11.8 Å². The van der Waals surface area contributed by atoms with E-state index in [4.69, 9.17) is 27.9 Å². The average molecular weight is 513 g/mol. The molecule has 5 rings (SSSR count). The van der Waals surface area contributed by atoms with Gasteiger partial charge in [-0.1, -0.05) is 35.4 Å². The van der Waals surface area contributed by atoms with Gasteiger partial charge in [0.05, 0.1) is 29.0 Å². The van der Waals surface area contributed by atoms with E-state index in [0.717, 1.165) is 16.4 Å². The molecule has 2 aromatic carbocycles. The summed E-state index contributed by atoms with van der Waals surface area (Å²) < 4.78 is 5.15. The van der Waals surface area contributed by atoms with E-state index in [0.29, 0.717) is 11.3 Å². The lowest BCUT2D eigenvalue weighted by molar-refractivity contribution is -0.157. The molecular formula is C26H22Cl2N2O5.